The van der Waals surface area contributed by atoms with Gasteiger partial charge in [0.2, 0.25) is 0 Å². The van der Waals surface area contributed by atoms with E-state index in [1.807, 2.05) is 0 Å². The Kier molecular flexibility index (Phi) is 6.44. The first-order valence-corrected chi connectivity index (χ1v) is 10.2. The normalized spacial score (nSPS) is 26.6. The molecular weight excluding hydrogens is 301 g/mol. The van der Waals surface area contributed by atoms with E-state index < -0.39 is 0 Å². The van der Waals surface area contributed by atoms with Gasteiger partial charge in [-0.3, -0.25) is 4.98 Å². The highest BCUT2D eigenvalue weighted by molar-refractivity contribution is 6.14. The maximum atomic E-state index is 6.44. The van der Waals surface area contributed by atoms with Gasteiger partial charge in [-0.1, -0.05) is 85.0 Å². The van der Waals surface area contributed by atoms with Crippen LogP contribution in [0.1, 0.15) is 97.9 Å². The van der Waals surface area contributed by atoms with Crippen LogP contribution in [-0.4, -0.2) is 12.8 Å². The lowest BCUT2D eigenvalue weighted by molar-refractivity contribution is 0.178. The van der Waals surface area contributed by atoms with Gasteiger partial charge < -0.3 is 0 Å². The average molecular weight is 339 g/mol. The molecule has 25 heavy (non-hydrogen) atoms. The summed E-state index contributed by atoms with van der Waals surface area (Å²) >= 11 is 0. The third-order valence-electron chi connectivity index (χ3n) is 6.17. The molecule has 138 valence electrons. The Balaban J connectivity index is 2.09. The second kappa shape index (κ2) is 7.84. The zero-order chi connectivity index (χ0) is 18.7. The Bertz CT molecular complexity index is 553. The molecule has 1 aromatic heterocycles. The van der Waals surface area contributed by atoms with Gasteiger partial charge in [-0.05, 0) is 42.7 Å². The average Bonchev–Trinajstić information content (AvgIpc) is 2.56. The predicted octanol–water partition coefficient (Wildman–Crippen LogP) is 6.66. The first-order chi connectivity index (χ1) is 11.5. The lowest BCUT2D eigenvalue weighted by atomic mass is 9.64. The molecule has 0 amide bonds. The Morgan fingerprint density at radius 2 is 1.68 bits per heavy atom. The lowest BCUT2D eigenvalue weighted by Crippen LogP contribution is -2.27. The van der Waals surface area contributed by atoms with Crippen LogP contribution in [0, 0.1) is 11.3 Å². The smallest absolute Gasteiger partial charge is 0.0742 e. The topological polar surface area (TPSA) is 12.9 Å². The van der Waals surface area contributed by atoms with E-state index in [0.717, 1.165) is 18.8 Å². The zero-order valence-electron chi connectivity index (χ0n) is 17.5. The number of hydrogen-bond donors (Lipinski definition) is 0. The molecule has 2 atom stereocenters. The summed E-state index contributed by atoms with van der Waals surface area (Å²) in [6.07, 6.45) is 9.90. The fourth-order valence-corrected chi connectivity index (χ4v) is 4.33. The minimum atomic E-state index is 0.0433. The van der Waals surface area contributed by atoms with Crippen molar-refractivity contribution in [3.8, 4) is 0 Å². The summed E-state index contributed by atoms with van der Waals surface area (Å²) in [4.78, 5) is 4.99. The predicted molar refractivity (Wildman–Crippen MR) is 110 cm³/mol. The number of rotatable bonds is 3. The van der Waals surface area contributed by atoms with Crippen molar-refractivity contribution in [2.75, 3.05) is 0 Å². The van der Waals surface area contributed by atoms with Gasteiger partial charge in [-0.2, -0.15) is 0 Å². The summed E-state index contributed by atoms with van der Waals surface area (Å²) < 4.78 is 0. The van der Waals surface area contributed by atoms with Crippen molar-refractivity contribution in [1.29, 1.82) is 0 Å². The van der Waals surface area contributed by atoms with Crippen molar-refractivity contribution in [2.24, 2.45) is 11.3 Å². The Hall–Kier alpha value is -0.785. The molecule has 2 heteroatoms. The number of pyridine rings is 1. The SMILES string of the molecule is [B]C1(C)CCCCC(C(C)(C)Cc2cccc(C(C)(C)C)n2)CCC1. The van der Waals surface area contributed by atoms with Crippen LogP contribution in [0.3, 0.4) is 0 Å². The van der Waals surface area contributed by atoms with E-state index in [1.54, 1.807) is 0 Å². The molecule has 0 spiro atoms. The quantitative estimate of drug-likeness (QED) is 0.561. The lowest BCUT2D eigenvalue weighted by Gasteiger charge is -2.35. The summed E-state index contributed by atoms with van der Waals surface area (Å²) in [5, 5.41) is 0.0433. The molecule has 2 unspecified atom stereocenters. The third-order valence-corrected chi connectivity index (χ3v) is 6.17. The first-order valence-electron chi connectivity index (χ1n) is 10.2. The zero-order valence-corrected chi connectivity index (χ0v) is 17.5. The minimum Gasteiger partial charge on any atom is -0.257 e. The molecule has 1 heterocycles. The van der Waals surface area contributed by atoms with E-state index >= 15 is 0 Å². The largest absolute Gasteiger partial charge is 0.257 e. The molecule has 0 saturated heterocycles. The standard InChI is InChI=1S/C23H38BN/c1-21(2,3)20-14-9-13-19(25-20)17-22(4,5)18-11-7-8-15-23(6,24)16-10-12-18/h9,13-14,18H,7-8,10-12,15-17H2,1-6H3. The maximum Gasteiger partial charge on any atom is 0.0742 e. The van der Waals surface area contributed by atoms with E-state index in [9.17, 15) is 0 Å². The molecule has 2 radical (unpaired) electrons. The molecule has 2 rings (SSSR count). The maximum absolute atomic E-state index is 6.44. The summed E-state index contributed by atoms with van der Waals surface area (Å²) in [7, 11) is 6.44. The first kappa shape index (κ1) is 20.5. The van der Waals surface area contributed by atoms with Crippen LogP contribution in [0.25, 0.3) is 0 Å². The van der Waals surface area contributed by atoms with Gasteiger partial charge in [0.25, 0.3) is 0 Å². The highest BCUT2D eigenvalue weighted by Gasteiger charge is 2.31. The van der Waals surface area contributed by atoms with Gasteiger partial charge in [0.1, 0.15) is 0 Å². The van der Waals surface area contributed by atoms with Crippen LogP contribution in [0.4, 0.5) is 0 Å². The van der Waals surface area contributed by atoms with Gasteiger partial charge in [-0.15, -0.1) is 0 Å². The van der Waals surface area contributed by atoms with E-state index in [0.29, 0.717) is 5.41 Å². The number of aromatic nitrogens is 1. The fourth-order valence-electron chi connectivity index (χ4n) is 4.33. The number of nitrogens with zero attached hydrogens (tertiary/aromatic N) is 1. The minimum absolute atomic E-state index is 0.0433. The second-order valence-electron chi connectivity index (χ2n) is 10.4. The summed E-state index contributed by atoms with van der Waals surface area (Å²) in [5.74, 6) is 0.765. The van der Waals surface area contributed by atoms with Crippen molar-refractivity contribution in [1.82, 2.24) is 4.98 Å². The fraction of sp³-hybridized carbons (Fsp3) is 0.783. The highest BCUT2D eigenvalue weighted by Crippen LogP contribution is 2.43. The molecule has 1 aliphatic rings. The Morgan fingerprint density at radius 1 is 1.04 bits per heavy atom. The van der Waals surface area contributed by atoms with Crippen molar-refractivity contribution in [3.63, 3.8) is 0 Å². The molecular formula is C23H38BN. The molecule has 0 N–H and O–H groups in total. The summed E-state index contributed by atoms with van der Waals surface area (Å²) in [5.41, 5.74) is 2.86. The van der Waals surface area contributed by atoms with E-state index in [-0.39, 0.29) is 10.7 Å². The van der Waals surface area contributed by atoms with E-state index in [2.05, 4.69) is 59.7 Å². The molecule has 1 fully saturated rings. The van der Waals surface area contributed by atoms with Gasteiger partial charge in [0.15, 0.2) is 0 Å². The molecule has 1 saturated carbocycles. The van der Waals surface area contributed by atoms with Gasteiger partial charge in [-0.25, -0.2) is 0 Å². The second-order valence-corrected chi connectivity index (χ2v) is 10.4. The van der Waals surface area contributed by atoms with E-state index in [1.165, 1.54) is 49.9 Å². The summed E-state index contributed by atoms with van der Waals surface area (Å²) in [6.45, 7) is 13.9. The highest BCUT2D eigenvalue weighted by atomic mass is 14.7. The van der Waals surface area contributed by atoms with Crippen LogP contribution in [0.5, 0.6) is 0 Å². The Morgan fingerprint density at radius 3 is 2.36 bits per heavy atom. The van der Waals surface area contributed by atoms with Gasteiger partial charge in [0, 0.05) is 16.8 Å². The van der Waals surface area contributed by atoms with Crippen molar-refractivity contribution in [2.45, 2.75) is 104 Å². The van der Waals surface area contributed by atoms with Crippen molar-refractivity contribution < 1.29 is 0 Å². The molecule has 1 aliphatic carbocycles. The monoisotopic (exact) mass is 339 g/mol. The molecule has 1 aromatic rings. The van der Waals surface area contributed by atoms with Crippen molar-refractivity contribution >= 4 is 7.85 Å². The number of hydrogen-bond acceptors (Lipinski definition) is 1. The molecule has 1 nitrogen and oxygen atoms in total. The molecule has 0 bridgehead atoms. The molecule has 0 aromatic carbocycles. The summed E-state index contributed by atoms with van der Waals surface area (Å²) in [6, 6.07) is 6.56. The van der Waals surface area contributed by atoms with Crippen LogP contribution in [-0.2, 0) is 11.8 Å². The molecule has 0 aliphatic heterocycles. The van der Waals surface area contributed by atoms with Crippen LogP contribution >= 0.6 is 0 Å². The van der Waals surface area contributed by atoms with Crippen LogP contribution in [0.2, 0.25) is 5.31 Å². The van der Waals surface area contributed by atoms with Gasteiger partial charge in [0.05, 0.1) is 7.85 Å². The van der Waals surface area contributed by atoms with Crippen LogP contribution in [0.15, 0.2) is 18.2 Å². The van der Waals surface area contributed by atoms with Gasteiger partial charge >= 0.3 is 0 Å². The van der Waals surface area contributed by atoms with Crippen LogP contribution < -0.4 is 0 Å². The third kappa shape index (κ3) is 6.15. The van der Waals surface area contributed by atoms with E-state index in [4.69, 9.17) is 12.8 Å². The van der Waals surface area contributed by atoms with Crippen molar-refractivity contribution in [3.05, 3.63) is 29.6 Å². The Labute approximate surface area is 157 Å².